The molecule has 0 amide bonds. The fourth-order valence-corrected chi connectivity index (χ4v) is 2.25. The number of rotatable bonds is 10. The first-order chi connectivity index (χ1) is 11.3. The Morgan fingerprint density at radius 3 is 2.48 bits per heavy atom. The van der Waals surface area contributed by atoms with Crippen molar-refractivity contribution in [3.8, 4) is 11.5 Å². The second kappa shape index (κ2) is 9.87. The molecule has 0 bridgehead atoms. The summed E-state index contributed by atoms with van der Waals surface area (Å²) in [4.78, 5) is 0. The maximum absolute atomic E-state index is 5.86. The molecule has 4 nitrogen and oxygen atoms in total. The Balaban J connectivity index is 1.88. The summed E-state index contributed by atoms with van der Waals surface area (Å²) < 4.78 is 16.3. The summed E-state index contributed by atoms with van der Waals surface area (Å²) in [5.41, 5.74) is 2.31. The Morgan fingerprint density at radius 1 is 0.913 bits per heavy atom. The van der Waals surface area contributed by atoms with Crippen molar-refractivity contribution < 1.29 is 14.2 Å². The standard InChI is InChI=1S/C19H25NO3/c1-21-12-6-11-20-14-17-9-10-18(19(13-17)22-2)23-15-16-7-4-3-5-8-16/h3-5,7-10,13,20H,6,11-12,14-15H2,1-2H3. The molecule has 2 aromatic carbocycles. The molecule has 124 valence electrons. The third-order valence-corrected chi connectivity index (χ3v) is 3.50. The monoisotopic (exact) mass is 315 g/mol. The van der Waals surface area contributed by atoms with Crippen LogP contribution in [0.2, 0.25) is 0 Å². The van der Waals surface area contributed by atoms with Gasteiger partial charge in [-0.2, -0.15) is 0 Å². The maximum atomic E-state index is 5.86. The molecule has 0 unspecified atom stereocenters. The van der Waals surface area contributed by atoms with Gasteiger partial charge in [0.15, 0.2) is 11.5 Å². The second-order valence-electron chi connectivity index (χ2n) is 5.28. The smallest absolute Gasteiger partial charge is 0.161 e. The lowest BCUT2D eigenvalue weighted by molar-refractivity contribution is 0.194. The lowest BCUT2D eigenvalue weighted by atomic mass is 10.2. The molecule has 0 aliphatic heterocycles. The first-order valence-corrected chi connectivity index (χ1v) is 7.87. The lowest BCUT2D eigenvalue weighted by Gasteiger charge is -2.13. The maximum Gasteiger partial charge on any atom is 0.161 e. The molecule has 0 aliphatic carbocycles. The van der Waals surface area contributed by atoms with Crippen LogP contribution in [-0.4, -0.2) is 27.4 Å². The van der Waals surface area contributed by atoms with Gasteiger partial charge in [0.05, 0.1) is 7.11 Å². The molecule has 0 radical (unpaired) electrons. The Hall–Kier alpha value is -2.04. The molecule has 0 saturated heterocycles. The van der Waals surface area contributed by atoms with Crippen molar-refractivity contribution in [3.05, 3.63) is 59.7 Å². The van der Waals surface area contributed by atoms with Gasteiger partial charge in [-0.25, -0.2) is 0 Å². The first kappa shape index (κ1) is 17.3. The zero-order chi connectivity index (χ0) is 16.3. The van der Waals surface area contributed by atoms with Crippen molar-refractivity contribution >= 4 is 0 Å². The minimum atomic E-state index is 0.534. The molecule has 0 aliphatic rings. The predicted molar refractivity (Wildman–Crippen MR) is 92.0 cm³/mol. The fourth-order valence-electron chi connectivity index (χ4n) is 2.25. The normalized spacial score (nSPS) is 10.5. The SMILES string of the molecule is COCCCNCc1ccc(OCc2ccccc2)c(OC)c1. The highest BCUT2D eigenvalue weighted by atomic mass is 16.5. The van der Waals surface area contributed by atoms with Gasteiger partial charge in [-0.3, -0.25) is 0 Å². The third kappa shape index (κ3) is 5.93. The van der Waals surface area contributed by atoms with Gasteiger partial charge < -0.3 is 19.5 Å². The van der Waals surface area contributed by atoms with Crippen LogP contribution in [0.5, 0.6) is 11.5 Å². The van der Waals surface area contributed by atoms with E-state index in [-0.39, 0.29) is 0 Å². The molecule has 4 heteroatoms. The van der Waals surface area contributed by atoms with E-state index in [1.807, 2.05) is 42.5 Å². The van der Waals surface area contributed by atoms with E-state index >= 15 is 0 Å². The number of hydrogen-bond donors (Lipinski definition) is 1. The third-order valence-electron chi connectivity index (χ3n) is 3.50. The zero-order valence-corrected chi connectivity index (χ0v) is 13.9. The summed E-state index contributed by atoms with van der Waals surface area (Å²) in [7, 11) is 3.39. The van der Waals surface area contributed by atoms with Gasteiger partial charge in [0, 0.05) is 20.3 Å². The minimum Gasteiger partial charge on any atom is -0.493 e. The van der Waals surface area contributed by atoms with Gasteiger partial charge in [0.2, 0.25) is 0 Å². The molecule has 23 heavy (non-hydrogen) atoms. The van der Waals surface area contributed by atoms with E-state index in [0.717, 1.165) is 43.2 Å². The van der Waals surface area contributed by atoms with Crippen molar-refractivity contribution in [2.75, 3.05) is 27.4 Å². The Labute approximate surface area is 138 Å². The highest BCUT2D eigenvalue weighted by Crippen LogP contribution is 2.28. The number of nitrogens with one attached hydrogen (secondary N) is 1. The van der Waals surface area contributed by atoms with Gasteiger partial charge in [0.1, 0.15) is 6.61 Å². The van der Waals surface area contributed by atoms with Crippen LogP contribution in [0.4, 0.5) is 0 Å². The van der Waals surface area contributed by atoms with Crippen molar-refractivity contribution in [1.29, 1.82) is 0 Å². The molecule has 0 heterocycles. The second-order valence-corrected chi connectivity index (χ2v) is 5.28. The molecule has 2 rings (SSSR count). The van der Waals surface area contributed by atoms with Crippen molar-refractivity contribution in [3.63, 3.8) is 0 Å². The van der Waals surface area contributed by atoms with Gasteiger partial charge in [0.25, 0.3) is 0 Å². The molecule has 0 fully saturated rings. The van der Waals surface area contributed by atoms with Crippen LogP contribution in [-0.2, 0) is 17.9 Å². The van der Waals surface area contributed by atoms with E-state index in [1.165, 1.54) is 5.56 Å². The van der Waals surface area contributed by atoms with E-state index in [4.69, 9.17) is 14.2 Å². The van der Waals surface area contributed by atoms with Crippen molar-refractivity contribution in [2.24, 2.45) is 0 Å². The lowest BCUT2D eigenvalue weighted by Crippen LogP contribution is -2.16. The van der Waals surface area contributed by atoms with Crippen LogP contribution in [0.25, 0.3) is 0 Å². The van der Waals surface area contributed by atoms with Crippen LogP contribution in [0.15, 0.2) is 48.5 Å². The molecule has 1 N–H and O–H groups in total. The summed E-state index contributed by atoms with van der Waals surface area (Å²) >= 11 is 0. The van der Waals surface area contributed by atoms with Gasteiger partial charge in [-0.1, -0.05) is 36.4 Å². The molecule has 2 aromatic rings. The quantitative estimate of drug-likeness (QED) is 0.682. The van der Waals surface area contributed by atoms with Gasteiger partial charge in [-0.15, -0.1) is 0 Å². The summed E-state index contributed by atoms with van der Waals surface area (Å²) in [6.07, 6.45) is 1.01. The van der Waals surface area contributed by atoms with Crippen LogP contribution in [0.1, 0.15) is 17.5 Å². The van der Waals surface area contributed by atoms with Crippen molar-refractivity contribution in [2.45, 2.75) is 19.6 Å². The number of methoxy groups -OCH3 is 2. The number of hydrogen-bond acceptors (Lipinski definition) is 4. The van der Waals surface area contributed by atoms with Crippen molar-refractivity contribution in [1.82, 2.24) is 5.32 Å². The highest BCUT2D eigenvalue weighted by molar-refractivity contribution is 5.43. The van der Waals surface area contributed by atoms with Gasteiger partial charge >= 0.3 is 0 Å². The van der Waals surface area contributed by atoms with E-state index in [1.54, 1.807) is 14.2 Å². The molecular formula is C19H25NO3. The summed E-state index contributed by atoms with van der Waals surface area (Å²) in [5, 5.41) is 3.39. The van der Waals surface area contributed by atoms with Crippen LogP contribution in [0.3, 0.4) is 0 Å². The van der Waals surface area contributed by atoms with E-state index in [0.29, 0.717) is 6.61 Å². The Kier molecular flexibility index (Phi) is 7.43. The molecule has 0 aromatic heterocycles. The number of ether oxygens (including phenoxy) is 3. The molecule has 0 saturated carbocycles. The predicted octanol–water partition coefficient (Wildman–Crippen LogP) is 3.40. The van der Waals surface area contributed by atoms with E-state index in [2.05, 4.69) is 11.4 Å². The van der Waals surface area contributed by atoms with Crippen LogP contribution >= 0.6 is 0 Å². The highest BCUT2D eigenvalue weighted by Gasteiger charge is 2.06. The van der Waals surface area contributed by atoms with Crippen LogP contribution in [0, 0.1) is 0 Å². The minimum absolute atomic E-state index is 0.534. The average molecular weight is 315 g/mol. The molecular weight excluding hydrogens is 290 g/mol. The topological polar surface area (TPSA) is 39.7 Å². The fraction of sp³-hybridized carbons (Fsp3) is 0.368. The Morgan fingerprint density at radius 2 is 1.74 bits per heavy atom. The van der Waals surface area contributed by atoms with E-state index < -0.39 is 0 Å². The summed E-state index contributed by atoms with van der Waals surface area (Å²) in [5.74, 6) is 1.52. The largest absolute Gasteiger partial charge is 0.493 e. The van der Waals surface area contributed by atoms with Gasteiger partial charge in [-0.05, 0) is 36.2 Å². The Bertz CT molecular complexity index is 572. The average Bonchev–Trinajstić information content (AvgIpc) is 2.61. The summed E-state index contributed by atoms with van der Waals surface area (Å²) in [6.45, 7) is 3.05. The molecule has 0 atom stereocenters. The summed E-state index contributed by atoms with van der Waals surface area (Å²) in [6, 6.07) is 16.2. The first-order valence-electron chi connectivity index (χ1n) is 7.87. The van der Waals surface area contributed by atoms with E-state index in [9.17, 15) is 0 Å². The van der Waals surface area contributed by atoms with Crippen LogP contribution < -0.4 is 14.8 Å². The molecule has 0 spiro atoms. The zero-order valence-electron chi connectivity index (χ0n) is 13.9. The number of benzene rings is 2.